The van der Waals surface area contributed by atoms with Crippen molar-refractivity contribution < 1.29 is 9.90 Å². The summed E-state index contributed by atoms with van der Waals surface area (Å²) >= 11 is 7.40. The zero-order valence-corrected chi connectivity index (χ0v) is 9.36. The van der Waals surface area contributed by atoms with Gasteiger partial charge >= 0.3 is 5.97 Å². The van der Waals surface area contributed by atoms with Crippen LogP contribution in [0.4, 0.5) is 0 Å². The lowest BCUT2D eigenvalue weighted by Gasteiger charge is -2.06. The van der Waals surface area contributed by atoms with Crippen LogP contribution < -0.4 is 5.73 Å². The van der Waals surface area contributed by atoms with Gasteiger partial charge in [0.25, 0.3) is 0 Å². The maximum Gasteiger partial charge on any atom is 0.303 e. The first-order chi connectivity index (χ1) is 6.50. The number of halogens is 1. The van der Waals surface area contributed by atoms with E-state index in [0.717, 1.165) is 9.75 Å². The molecule has 1 unspecified atom stereocenters. The molecule has 0 saturated heterocycles. The van der Waals surface area contributed by atoms with E-state index in [1.807, 2.05) is 13.0 Å². The molecule has 0 saturated carbocycles. The molecule has 0 aromatic carbocycles. The Kier molecular flexibility index (Phi) is 3.92. The fraction of sp³-hybridized carbons (Fsp3) is 0.444. The van der Waals surface area contributed by atoms with Crippen LogP contribution in [-0.2, 0) is 4.79 Å². The molecule has 0 aliphatic carbocycles. The SMILES string of the molecule is Cc1sc(C(N)CCC(=O)O)cc1Cl. The third kappa shape index (κ3) is 2.97. The first-order valence-electron chi connectivity index (χ1n) is 4.24. The van der Waals surface area contributed by atoms with Crippen LogP contribution in [0.5, 0.6) is 0 Å². The fourth-order valence-electron chi connectivity index (χ4n) is 1.09. The van der Waals surface area contributed by atoms with E-state index in [0.29, 0.717) is 11.4 Å². The van der Waals surface area contributed by atoms with Crippen LogP contribution in [0.25, 0.3) is 0 Å². The summed E-state index contributed by atoms with van der Waals surface area (Å²) in [4.78, 5) is 12.3. The maximum atomic E-state index is 10.3. The molecule has 0 spiro atoms. The largest absolute Gasteiger partial charge is 0.481 e. The van der Waals surface area contributed by atoms with Gasteiger partial charge in [0.05, 0.1) is 5.02 Å². The predicted molar refractivity (Wildman–Crippen MR) is 57.9 cm³/mol. The standard InChI is InChI=1S/C9H12ClNO2S/c1-5-6(10)4-8(14-5)7(11)2-3-9(12)13/h4,7H,2-3,11H2,1H3,(H,12,13). The smallest absolute Gasteiger partial charge is 0.303 e. The molecule has 0 amide bonds. The molecule has 1 atom stereocenters. The lowest BCUT2D eigenvalue weighted by atomic mass is 10.1. The van der Waals surface area contributed by atoms with Crippen LogP contribution in [0.3, 0.4) is 0 Å². The molecule has 1 aromatic heterocycles. The summed E-state index contributed by atoms with van der Waals surface area (Å²) in [5.41, 5.74) is 5.81. The number of carbonyl (C=O) groups is 1. The van der Waals surface area contributed by atoms with Gasteiger partial charge in [-0.15, -0.1) is 11.3 Å². The molecule has 0 radical (unpaired) electrons. The molecule has 0 fully saturated rings. The van der Waals surface area contributed by atoms with Crippen molar-refractivity contribution in [2.24, 2.45) is 5.73 Å². The Hall–Kier alpha value is -0.580. The fourth-order valence-corrected chi connectivity index (χ4v) is 2.34. The highest BCUT2D eigenvalue weighted by Gasteiger charge is 2.12. The van der Waals surface area contributed by atoms with Crippen LogP contribution in [0, 0.1) is 6.92 Å². The molecule has 78 valence electrons. The number of hydrogen-bond donors (Lipinski definition) is 2. The molecule has 1 rings (SSSR count). The van der Waals surface area contributed by atoms with Gasteiger partial charge in [-0.05, 0) is 19.4 Å². The summed E-state index contributed by atoms with van der Waals surface area (Å²) in [6.45, 7) is 1.92. The Morgan fingerprint density at radius 2 is 2.43 bits per heavy atom. The van der Waals surface area contributed by atoms with Crippen LogP contribution in [-0.4, -0.2) is 11.1 Å². The van der Waals surface area contributed by atoms with Crippen molar-refractivity contribution in [3.63, 3.8) is 0 Å². The summed E-state index contributed by atoms with van der Waals surface area (Å²) in [6.07, 6.45) is 0.543. The minimum absolute atomic E-state index is 0.0930. The van der Waals surface area contributed by atoms with Crippen LogP contribution in [0.1, 0.15) is 28.6 Å². The van der Waals surface area contributed by atoms with Crippen molar-refractivity contribution in [3.05, 3.63) is 20.8 Å². The lowest BCUT2D eigenvalue weighted by molar-refractivity contribution is -0.137. The van der Waals surface area contributed by atoms with Crippen LogP contribution in [0.15, 0.2) is 6.07 Å². The van der Waals surface area contributed by atoms with Gasteiger partial charge in [-0.25, -0.2) is 0 Å². The van der Waals surface area contributed by atoms with Gasteiger partial charge in [0, 0.05) is 22.2 Å². The Labute approximate surface area is 91.5 Å². The molecule has 1 aromatic rings. The quantitative estimate of drug-likeness (QED) is 0.840. The molecule has 1 heterocycles. The molecular weight excluding hydrogens is 222 g/mol. The van der Waals surface area contributed by atoms with Gasteiger partial charge in [-0.1, -0.05) is 11.6 Å². The second kappa shape index (κ2) is 4.77. The third-order valence-electron chi connectivity index (χ3n) is 1.91. The number of thiophene rings is 1. The second-order valence-electron chi connectivity index (χ2n) is 3.09. The monoisotopic (exact) mass is 233 g/mol. The minimum atomic E-state index is -0.820. The number of rotatable bonds is 4. The van der Waals surface area contributed by atoms with Gasteiger partial charge in [-0.2, -0.15) is 0 Å². The van der Waals surface area contributed by atoms with Crippen LogP contribution in [0.2, 0.25) is 5.02 Å². The molecule has 3 nitrogen and oxygen atoms in total. The summed E-state index contributed by atoms with van der Waals surface area (Å²) in [6, 6.07) is 1.59. The van der Waals surface area contributed by atoms with Crippen LogP contribution >= 0.6 is 22.9 Å². The Balaban J connectivity index is 2.60. The number of carboxylic acid groups (broad SMARTS) is 1. The van der Waals surface area contributed by atoms with E-state index in [4.69, 9.17) is 22.4 Å². The molecule has 0 aliphatic heterocycles. The predicted octanol–water partition coefficient (Wildman–Crippen LogP) is 2.57. The zero-order chi connectivity index (χ0) is 10.7. The molecular formula is C9H12ClNO2S. The van der Waals surface area contributed by atoms with Gasteiger partial charge < -0.3 is 10.8 Å². The van der Waals surface area contributed by atoms with E-state index in [2.05, 4.69) is 0 Å². The van der Waals surface area contributed by atoms with Crippen molar-refractivity contribution >= 4 is 28.9 Å². The summed E-state index contributed by atoms with van der Waals surface area (Å²) in [7, 11) is 0. The Morgan fingerprint density at radius 3 is 2.86 bits per heavy atom. The van der Waals surface area contributed by atoms with Gasteiger partial charge in [0.2, 0.25) is 0 Å². The highest BCUT2D eigenvalue weighted by Crippen LogP contribution is 2.30. The van der Waals surface area contributed by atoms with Crippen molar-refractivity contribution in [3.8, 4) is 0 Å². The Bertz CT molecular complexity index is 318. The number of nitrogens with two attached hydrogens (primary N) is 1. The van der Waals surface area contributed by atoms with E-state index < -0.39 is 5.97 Å². The lowest BCUT2D eigenvalue weighted by Crippen LogP contribution is -2.10. The van der Waals surface area contributed by atoms with Gasteiger partial charge in [-0.3, -0.25) is 4.79 Å². The average Bonchev–Trinajstić information content (AvgIpc) is 2.43. The normalized spacial score (nSPS) is 12.8. The van der Waals surface area contributed by atoms with E-state index in [1.165, 1.54) is 11.3 Å². The summed E-state index contributed by atoms with van der Waals surface area (Å²) in [5, 5.41) is 9.20. The Morgan fingerprint density at radius 1 is 1.79 bits per heavy atom. The summed E-state index contributed by atoms with van der Waals surface area (Å²) in [5.74, 6) is -0.820. The topological polar surface area (TPSA) is 63.3 Å². The van der Waals surface area contributed by atoms with Crippen molar-refractivity contribution in [1.29, 1.82) is 0 Å². The number of hydrogen-bond acceptors (Lipinski definition) is 3. The van der Waals surface area contributed by atoms with E-state index in [9.17, 15) is 4.79 Å². The van der Waals surface area contributed by atoms with Gasteiger partial charge in [0.1, 0.15) is 0 Å². The van der Waals surface area contributed by atoms with Crippen molar-refractivity contribution in [2.45, 2.75) is 25.8 Å². The second-order valence-corrected chi connectivity index (χ2v) is 4.79. The van der Waals surface area contributed by atoms with E-state index >= 15 is 0 Å². The number of carboxylic acids is 1. The molecule has 0 aliphatic rings. The molecule has 5 heteroatoms. The third-order valence-corrected chi connectivity index (χ3v) is 3.60. The highest BCUT2D eigenvalue weighted by atomic mass is 35.5. The first-order valence-corrected chi connectivity index (χ1v) is 5.43. The van der Waals surface area contributed by atoms with Crippen molar-refractivity contribution in [2.75, 3.05) is 0 Å². The van der Waals surface area contributed by atoms with Crippen molar-refractivity contribution in [1.82, 2.24) is 0 Å². The molecule has 14 heavy (non-hydrogen) atoms. The molecule has 0 bridgehead atoms. The summed E-state index contributed by atoms with van der Waals surface area (Å²) < 4.78 is 0. The molecule has 3 N–H and O–H groups in total. The first kappa shape index (κ1) is 11.5. The van der Waals surface area contributed by atoms with E-state index in [-0.39, 0.29) is 12.5 Å². The zero-order valence-electron chi connectivity index (χ0n) is 7.79. The average molecular weight is 234 g/mol. The minimum Gasteiger partial charge on any atom is -0.481 e. The van der Waals surface area contributed by atoms with E-state index in [1.54, 1.807) is 0 Å². The number of aryl methyl sites for hydroxylation is 1. The number of aliphatic carboxylic acids is 1. The van der Waals surface area contributed by atoms with Gasteiger partial charge in [0.15, 0.2) is 0 Å². The highest BCUT2D eigenvalue weighted by molar-refractivity contribution is 7.12. The maximum absolute atomic E-state index is 10.3.